The summed E-state index contributed by atoms with van der Waals surface area (Å²) in [4.78, 5) is 13.8. The molecule has 0 bridgehead atoms. The highest BCUT2D eigenvalue weighted by Crippen LogP contribution is 2.23. The third kappa shape index (κ3) is 3.70. The maximum Gasteiger partial charge on any atom is 0.320 e. The molecule has 0 unspecified atom stereocenters. The van der Waals surface area contributed by atoms with Crippen LogP contribution >= 0.6 is 0 Å². The molecule has 2 N–H and O–H groups in total. The van der Waals surface area contributed by atoms with E-state index in [1.54, 1.807) is 0 Å². The number of esters is 1. The normalized spacial score (nSPS) is 15.0. The van der Waals surface area contributed by atoms with Gasteiger partial charge in [0, 0.05) is 18.8 Å². The van der Waals surface area contributed by atoms with Gasteiger partial charge in [-0.1, -0.05) is 25.5 Å². The summed E-state index contributed by atoms with van der Waals surface area (Å²) in [5, 5.41) is 0. The van der Waals surface area contributed by atoms with Gasteiger partial charge in [-0.2, -0.15) is 0 Å². The number of anilines is 1. The Balaban J connectivity index is 1.86. The zero-order chi connectivity index (χ0) is 13.7. The third-order valence-corrected chi connectivity index (χ3v) is 3.49. The summed E-state index contributed by atoms with van der Waals surface area (Å²) < 4.78 is 5.19. The molecule has 1 aromatic carbocycles. The predicted molar refractivity (Wildman–Crippen MR) is 75.7 cm³/mol. The molecule has 0 aliphatic carbocycles. The topological polar surface area (TPSA) is 55.6 Å². The molecule has 2 rings (SSSR count). The molecule has 1 heterocycles. The molecule has 1 aliphatic rings. The van der Waals surface area contributed by atoms with Gasteiger partial charge in [-0.05, 0) is 30.0 Å². The number of carbonyl (C=O) groups is 1. The van der Waals surface area contributed by atoms with Crippen molar-refractivity contribution in [2.24, 2.45) is 0 Å². The fourth-order valence-corrected chi connectivity index (χ4v) is 2.39. The van der Waals surface area contributed by atoms with E-state index in [1.807, 2.05) is 12.1 Å². The van der Waals surface area contributed by atoms with Crippen LogP contribution in [-0.2, 0) is 22.5 Å². The maximum absolute atomic E-state index is 11.7. The van der Waals surface area contributed by atoms with Gasteiger partial charge >= 0.3 is 5.97 Å². The van der Waals surface area contributed by atoms with Crippen LogP contribution in [0, 0.1) is 0 Å². The number of nitrogen functional groups attached to an aromatic ring is 1. The Hall–Kier alpha value is -1.55. The second-order valence-corrected chi connectivity index (χ2v) is 5.02. The van der Waals surface area contributed by atoms with Gasteiger partial charge in [-0.15, -0.1) is 0 Å². The van der Waals surface area contributed by atoms with Crippen LogP contribution in [0.1, 0.15) is 30.9 Å². The number of nitrogens with two attached hydrogens (primary N) is 1. The number of benzene rings is 1. The molecule has 0 spiro atoms. The Bertz CT molecular complexity index is 446. The van der Waals surface area contributed by atoms with Crippen molar-refractivity contribution >= 4 is 11.7 Å². The second-order valence-electron chi connectivity index (χ2n) is 5.02. The SMILES string of the molecule is CCCCOC(=O)CN1CCc2c(N)cccc2C1. The summed E-state index contributed by atoms with van der Waals surface area (Å²) in [6, 6.07) is 5.99. The van der Waals surface area contributed by atoms with Crippen LogP contribution in [0.3, 0.4) is 0 Å². The fourth-order valence-electron chi connectivity index (χ4n) is 2.39. The molecule has 1 aromatic rings. The standard InChI is InChI=1S/C15H22N2O2/c1-2-3-9-19-15(18)11-17-8-7-13-12(10-17)5-4-6-14(13)16/h4-6H,2-3,7-11,16H2,1H3. The lowest BCUT2D eigenvalue weighted by molar-refractivity contribution is -0.145. The molecule has 19 heavy (non-hydrogen) atoms. The summed E-state index contributed by atoms with van der Waals surface area (Å²) in [6.45, 7) is 4.64. The van der Waals surface area contributed by atoms with Gasteiger partial charge in [-0.3, -0.25) is 9.69 Å². The van der Waals surface area contributed by atoms with E-state index < -0.39 is 0 Å². The minimum absolute atomic E-state index is 0.124. The molecular weight excluding hydrogens is 240 g/mol. The van der Waals surface area contributed by atoms with Gasteiger partial charge in [0.1, 0.15) is 0 Å². The predicted octanol–water partition coefficient (Wildman–Crippen LogP) is 1.97. The number of nitrogens with zero attached hydrogens (tertiary/aromatic N) is 1. The minimum atomic E-state index is -0.124. The lowest BCUT2D eigenvalue weighted by Gasteiger charge is -2.28. The van der Waals surface area contributed by atoms with Crippen molar-refractivity contribution in [2.75, 3.05) is 25.4 Å². The van der Waals surface area contributed by atoms with Crippen molar-refractivity contribution < 1.29 is 9.53 Å². The molecule has 0 atom stereocenters. The zero-order valence-electron chi connectivity index (χ0n) is 11.5. The van der Waals surface area contributed by atoms with Crippen LogP contribution in [0.25, 0.3) is 0 Å². The highest BCUT2D eigenvalue weighted by molar-refractivity contribution is 5.71. The van der Waals surface area contributed by atoms with E-state index in [2.05, 4.69) is 17.9 Å². The van der Waals surface area contributed by atoms with E-state index in [0.29, 0.717) is 13.2 Å². The molecule has 0 saturated carbocycles. The molecule has 104 valence electrons. The zero-order valence-corrected chi connectivity index (χ0v) is 11.5. The minimum Gasteiger partial charge on any atom is -0.465 e. The average molecular weight is 262 g/mol. The number of hydrogen-bond acceptors (Lipinski definition) is 4. The van der Waals surface area contributed by atoms with Crippen LogP contribution in [0.2, 0.25) is 0 Å². The van der Waals surface area contributed by atoms with Crippen LogP contribution in [0.4, 0.5) is 5.69 Å². The van der Waals surface area contributed by atoms with E-state index in [4.69, 9.17) is 10.5 Å². The molecule has 0 fully saturated rings. The first-order chi connectivity index (χ1) is 9.20. The molecular formula is C15H22N2O2. The van der Waals surface area contributed by atoms with E-state index in [9.17, 15) is 4.79 Å². The number of fused-ring (bicyclic) bond motifs is 1. The second kappa shape index (κ2) is 6.57. The number of ether oxygens (including phenoxy) is 1. The number of hydrogen-bond donors (Lipinski definition) is 1. The van der Waals surface area contributed by atoms with Crippen molar-refractivity contribution in [3.8, 4) is 0 Å². The van der Waals surface area contributed by atoms with Gasteiger partial charge in [-0.25, -0.2) is 0 Å². The Morgan fingerprint density at radius 1 is 1.47 bits per heavy atom. The van der Waals surface area contributed by atoms with Gasteiger partial charge in [0.25, 0.3) is 0 Å². The smallest absolute Gasteiger partial charge is 0.320 e. The highest BCUT2D eigenvalue weighted by Gasteiger charge is 2.20. The van der Waals surface area contributed by atoms with E-state index in [1.165, 1.54) is 11.1 Å². The van der Waals surface area contributed by atoms with Crippen molar-refractivity contribution in [3.05, 3.63) is 29.3 Å². The molecule has 0 saturated heterocycles. The van der Waals surface area contributed by atoms with Crippen LogP contribution in [0.5, 0.6) is 0 Å². The van der Waals surface area contributed by atoms with Crippen LogP contribution in [0.15, 0.2) is 18.2 Å². The molecule has 0 radical (unpaired) electrons. The van der Waals surface area contributed by atoms with E-state index >= 15 is 0 Å². The number of carbonyl (C=O) groups excluding carboxylic acids is 1. The molecule has 4 heteroatoms. The third-order valence-electron chi connectivity index (χ3n) is 3.49. The Morgan fingerprint density at radius 3 is 3.11 bits per heavy atom. The monoisotopic (exact) mass is 262 g/mol. The first kappa shape index (κ1) is 13.9. The Morgan fingerprint density at radius 2 is 2.32 bits per heavy atom. The summed E-state index contributed by atoms with van der Waals surface area (Å²) in [5.41, 5.74) is 9.29. The molecule has 0 aromatic heterocycles. The molecule has 0 amide bonds. The summed E-state index contributed by atoms with van der Waals surface area (Å²) in [7, 11) is 0. The largest absolute Gasteiger partial charge is 0.465 e. The van der Waals surface area contributed by atoms with E-state index in [0.717, 1.165) is 38.0 Å². The van der Waals surface area contributed by atoms with Crippen molar-refractivity contribution in [3.63, 3.8) is 0 Å². The van der Waals surface area contributed by atoms with Crippen molar-refractivity contribution in [1.29, 1.82) is 0 Å². The Kier molecular flexibility index (Phi) is 4.80. The lowest BCUT2D eigenvalue weighted by Crippen LogP contribution is -2.36. The van der Waals surface area contributed by atoms with Crippen molar-refractivity contribution in [1.82, 2.24) is 4.90 Å². The van der Waals surface area contributed by atoms with Crippen LogP contribution < -0.4 is 5.73 Å². The lowest BCUT2D eigenvalue weighted by atomic mass is 9.98. The van der Waals surface area contributed by atoms with Crippen molar-refractivity contribution in [2.45, 2.75) is 32.7 Å². The number of rotatable bonds is 5. The first-order valence-corrected chi connectivity index (χ1v) is 6.95. The summed E-state index contributed by atoms with van der Waals surface area (Å²) >= 11 is 0. The van der Waals surface area contributed by atoms with Crippen LogP contribution in [-0.4, -0.2) is 30.6 Å². The van der Waals surface area contributed by atoms with E-state index in [-0.39, 0.29) is 5.97 Å². The maximum atomic E-state index is 11.7. The Labute approximate surface area is 114 Å². The van der Waals surface area contributed by atoms with Gasteiger partial charge in [0.15, 0.2) is 0 Å². The molecule has 1 aliphatic heterocycles. The quantitative estimate of drug-likeness (QED) is 0.501. The average Bonchev–Trinajstić information content (AvgIpc) is 2.39. The van der Waals surface area contributed by atoms with Gasteiger partial charge in [0.05, 0.1) is 13.2 Å². The fraction of sp³-hybridized carbons (Fsp3) is 0.533. The number of unbranched alkanes of at least 4 members (excludes halogenated alkanes) is 1. The molecule has 4 nitrogen and oxygen atoms in total. The van der Waals surface area contributed by atoms with Gasteiger partial charge in [0.2, 0.25) is 0 Å². The summed E-state index contributed by atoms with van der Waals surface area (Å²) in [6.07, 6.45) is 2.89. The first-order valence-electron chi connectivity index (χ1n) is 6.95. The highest BCUT2D eigenvalue weighted by atomic mass is 16.5. The van der Waals surface area contributed by atoms with Gasteiger partial charge < -0.3 is 10.5 Å². The summed E-state index contributed by atoms with van der Waals surface area (Å²) in [5.74, 6) is -0.124.